The van der Waals surface area contributed by atoms with E-state index in [4.69, 9.17) is 19.3 Å². The molecule has 0 bridgehead atoms. The number of likely N-dealkylation sites (N-methyl/N-ethyl adjacent to an activating group) is 1. The van der Waals surface area contributed by atoms with Crippen LogP contribution in [0, 0.1) is 0 Å². The Bertz CT molecular complexity index is 407. The van der Waals surface area contributed by atoms with Gasteiger partial charge in [-0.3, -0.25) is 4.79 Å². The molecule has 0 aliphatic heterocycles. The number of hydrogen-bond donors (Lipinski definition) is 2. The number of carbonyl (C=O) groups is 1. The van der Waals surface area contributed by atoms with Gasteiger partial charge in [0.25, 0.3) is 0 Å². The molecule has 100 valence electrons. The number of nitrogens with one attached hydrogen (secondary N) is 1. The molecule has 1 atom stereocenters. The molecule has 0 spiro atoms. The van der Waals surface area contributed by atoms with Gasteiger partial charge in [0.05, 0.1) is 21.3 Å². The highest BCUT2D eigenvalue weighted by Crippen LogP contribution is 2.39. The third-order valence-electron chi connectivity index (χ3n) is 2.56. The Hall–Kier alpha value is -1.95. The summed E-state index contributed by atoms with van der Waals surface area (Å²) in [6, 6.07) is 2.38. The Kier molecular flexibility index (Phi) is 4.79. The predicted octanol–water partition coefficient (Wildman–Crippen LogP) is 1.06. The van der Waals surface area contributed by atoms with Crippen LogP contribution >= 0.6 is 0 Å². The van der Waals surface area contributed by atoms with Crippen LogP contribution in [0.15, 0.2) is 12.1 Å². The largest absolute Gasteiger partial charge is 0.493 e. The van der Waals surface area contributed by atoms with E-state index in [0.717, 1.165) is 0 Å². The van der Waals surface area contributed by atoms with Crippen LogP contribution in [-0.4, -0.2) is 39.5 Å². The number of benzene rings is 1. The lowest BCUT2D eigenvalue weighted by atomic mass is 10.1. The average Bonchev–Trinajstić information content (AvgIpc) is 2.37. The Morgan fingerprint density at radius 1 is 1.17 bits per heavy atom. The molecular formula is C12H17NO5. The van der Waals surface area contributed by atoms with Crippen LogP contribution in [0.4, 0.5) is 0 Å². The molecule has 6 heteroatoms. The van der Waals surface area contributed by atoms with Crippen molar-refractivity contribution in [2.45, 2.75) is 6.04 Å². The first kappa shape index (κ1) is 14.1. The molecule has 0 radical (unpaired) electrons. The molecule has 1 aromatic rings. The molecular weight excluding hydrogens is 238 g/mol. The second-order valence-corrected chi connectivity index (χ2v) is 3.52. The van der Waals surface area contributed by atoms with E-state index >= 15 is 0 Å². The molecule has 0 saturated heterocycles. The van der Waals surface area contributed by atoms with E-state index in [1.807, 2.05) is 0 Å². The number of carboxylic acids is 1. The van der Waals surface area contributed by atoms with Gasteiger partial charge in [0.1, 0.15) is 6.04 Å². The molecule has 1 aromatic carbocycles. The maximum Gasteiger partial charge on any atom is 0.325 e. The minimum absolute atomic E-state index is 0.424. The van der Waals surface area contributed by atoms with Gasteiger partial charge in [0.2, 0.25) is 5.75 Å². The average molecular weight is 255 g/mol. The summed E-state index contributed by atoms with van der Waals surface area (Å²) >= 11 is 0. The lowest BCUT2D eigenvalue weighted by Crippen LogP contribution is -2.25. The van der Waals surface area contributed by atoms with Crippen molar-refractivity contribution < 1.29 is 24.1 Å². The van der Waals surface area contributed by atoms with E-state index in [1.54, 1.807) is 19.2 Å². The minimum atomic E-state index is -0.980. The fraction of sp³-hybridized carbons (Fsp3) is 0.417. The van der Waals surface area contributed by atoms with Crippen molar-refractivity contribution in [1.82, 2.24) is 5.32 Å². The summed E-state index contributed by atoms with van der Waals surface area (Å²) in [5.74, 6) is 0.303. The van der Waals surface area contributed by atoms with Crippen molar-refractivity contribution in [3.8, 4) is 17.2 Å². The molecule has 0 amide bonds. The number of rotatable bonds is 6. The van der Waals surface area contributed by atoms with E-state index < -0.39 is 12.0 Å². The molecule has 1 unspecified atom stereocenters. The lowest BCUT2D eigenvalue weighted by Gasteiger charge is -2.17. The van der Waals surface area contributed by atoms with Gasteiger partial charge in [-0.05, 0) is 24.7 Å². The summed E-state index contributed by atoms with van der Waals surface area (Å²) in [6.07, 6.45) is 0. The van der Waals surface area contributed by atoms with Crippen LogP contribution in [-0.2, 0) is 4.79 Å². The minimum Gasteiger partial charge on any atom is -0.493 e. The van der Waals surface area contributed by atoms with Gasteiger partial charge in [-0.15, -0.1) is 0 Å². The molecule has 0 aliphatic rings. The summed E-state index contributed by atoms with van der Waals surface area (Å²) in [5.41, 5.74) is 0.527. The van der Waals surface area contributed by atoms with Crippen LogP contribution in [0.2, 0.25) is 0 Å². The van der Waals surface area contributed by atoms with E-state index in [0.29, 0.717) is 22.8 Å². The Morgan fingerprint density at radius 3 is 1.94 bits per heavy atom. The summed E-state index contributed by atoms with van der Waals surface area (Å²) < 4.78 is 15.5. The van der Waals surface area contributed by atoms with E-state index in [9.17, 15) is 4.79 Å². The quantitative estimate of drug-likeness (QED) is 0.791. The molecule has 0 fully saturated rings. The third-order valence-corrected chi connectivity index (χ3v) is 2.56. The molecule has 18 heavy (non-hydrogen) atoms. The second-order valence-electron chi connectivity index (χ2n) is 3.52. The maximum absolute atomic E-state index is 11.1. The van der Waals surface area contributed by atoms with Crippen molar-refractivity contribution in [3.63, 3.8) is 0 Å². The standard InChI is InChI=1S/C12H17NO5/c1-13-10(12(14)15)7-5-8(16-2)11(18-4)9(6-7)17-3/h5-6,10,13H,1-4H3,(H,14,15). The van der Waals surface area contributed by atoms with Crippen LogP contribution in [0.5, 0.6) is 17.2 Å². The lowest BCUT2D eigenvalue weighted by molar-refractivity contribution is -0.139. The zero-order valence-electron chi connectivity index (χ0n) is 10.8. The Morgan fingerprint density at radius 2 is 1.67 bits per heavy atom. The predicted molar refractivity (Wildman–Crippen MR) is 65.5 cm³/mol. The highest BCUT2D eigenvalue weighted by Gasteiger charge is 2.22. The van der Waals surface area contributed by atoms with Gasteiger partial charge in [0, 0.05) is 0 Å². The number of ether oxygens (including phenoxy) is 3. The van der Waals surface area contributed by atoms with Crippen molar-refractivity contribution in [3.05, 3.63) is 17.7 Å². The molecule has 1 rings (SSSR count). The summed E-state index contributed by atoms with van der Waals surface area (Å²) in [5, 5.41) is 11.8. The van der Waals surface area contributed by atoms with E-state index in [2.05, 4.69) is 5.32 Å². The fourth-order valence-corrected chi connectivity index (χ4v) is 1.70. The zero-order chi connectivity index (χ0) is 13.7. The van der Waals surface area contributed by atoms with Gasteiger partial charge in [-0.25, -0.2) is 0 Å². The van der Waals surface area contributed by atoms with Gasteiger partial charge < -0.3 is 24.6 Å². The second kappa shape index (κ2) is 6.11. The molecule has 6 nitrogen and oxygen atoms in total. The monoisotopic (exact) mass is 255 g/mol. The first-order valence-electron chi connectivity index (χ1n) is 5.29. The number of carboxylic acid groups (broad SMARTS) is 1. The van der Waals surface area contributed by atoms with Crippen molar-refractivity contribution in [2.24, 2.45) is 0 Å². The van der Waals surface area contributed by atoms with Crippen LogP contribution in [0.3, 0.4) is 0 Å². The fourth-order valence-electron chi connectivity index (χ4n) is 1.70. The topological polar surface area (TPSA) is 77.0 Å². The maximum atomic E-state index is 11.1. The summed E-state index contributed by atoms with van der Waals surface area (Å²) in [4.78, 5) is 11.1. The van der Waals surface area contributed by atoms with Crippen LogP contribution in [0.1, 0.15) is 11.6 Å². The van der Waals surface area contributed by atoms with E-state index in [1.165, 1.54) is 21.3 Å². The van der Waals surface area contributed by atoms with Gasteiger partial charge in [0.15, 0.2) is 11.5 Å². The van der Waals surface area contributed by atoms with Gasteiger partial charge >= 0.3 is 5.97 Å². The highest BCUT2D eigenvalue weighted by molar-refractivity contribution is 5.76. The van der Waals surface area contributed by atoms with Crippen molar-refractivity contribution in [2.75, 3.05) is 28.4 Å². The van der Waals surface area contributed by atoms with Gasteiger partial charge in [-0.2, -0.15) is 0 Å². The molecule has 0 saturated carbocycles. The molecule has 0 aliphatic carbocycles. The normalized spacial score (nSPS) is 11.8. The number of methoxy groups -OCH3 is 3. The molecule has 2 N–H and O–H groups in total. The summed E-state index contributed by atoms with van der Waals surface area (Å²) in [6.45, 7) is 0. The molecule has 0 heterocycles. The van der Waals surface area contributed by atoms with Gasteiger partial charge in [-0.1, -0.05) is 0 Å². The first-order valence-corrected chi connectivity index (χ1v) is 5.29. The van der Waals surface area contributed by atoms with Crippen molar-refractivity contribution >= 4 is 5.97 Å². The number of aliphatic carboxylic acids is 1. The van der Waals surface area contributed by atoms with Crippen LogP contribution in [0.25, 0.3) is 0 Å². The zero-order valence-corrected chi connectivity index (χ0v) is 10.8. The SMILES string of the molecule is CNC(C(=O)O)c1cc(OC)c(OC)c(OC)c1. The first-order chi connectivity index (χ1) is 8.58. The van der Waals surface area contributed by atoms with E-state index in [-0.39, 0.29) is 0 Å². The number of hydrogen-bond acceptors (Lipinski definition) is 5. The third kappa shape index (κ3) is 2.65. The highest BCUT2D eigenvalue weighted by atomic mass is 16.5. The smallest absolute Gasteiger partial charge is 0.325 e. The van der Waals surface area contributed by atoms with Crippen molar-refractivity contribution in [1.29, 1.82) is 0 Å². The summed E-state index contributed by atoms with van der Waals surface area (Å²) in [7, 11) is 6.03. The Balaban J connectivity index is 3.34. The Labute approximate surface area is 105 Å². The molecule has 0 aromatic heterocycles. The van der Waals surface area contributed by atoms with Crippen LogP contribution < -0.4 is 19.5 Å².